The molecule has 0 saturated heterocycles. The first-order chi connectivity index (χ1) is 12.6. The number of aryl methyl sites for hydroxylation is 1. The first-order valence-corrected chi connectivity index (χ1v) is 9.14. The van der Waals surface area contributed by atoms with Crippen molar-refractivity contribution in [3.8, 4) is 11.5 Å². The maximum atomic E-state index is 12.1. The molecule has 1 N–H and O–H groups in total. The van der Waals surface area contributed by atoms with Crippen molar-refractivity contribution in [3.05, 3.63) is 52.9 Å². The zero-order valence-electron chi connectivity index (χ0n) is 15.2. The molecule has 1 saturated carbocycles. The number of amides is 1. The number of nitrogens with zero attached hydrogens (tertiary/aromatic N) is 1. The third-order valence-electron chi connectivity index (χ3n) is 5.00. The van der Waals surface area contributed by atoms with Crippen LogP contribution in [0.4, 0.5) is 0 Å². The van der Waals surface area contributed by atoms with Crippen molar-refractivity contribution in [2.24, 2.45) is 0 Å². The van der Waals surface area contributed by atoms with Gasteiger partial charge in [-0.15, -0.1) is 0 Å². The van der Waals surface area contributed by atoms with Crippen LogP contribution in [0.1, 0.15) is 41.4 Å². The highest BCUT2D eigenvalue weighted by molar-refractivity contribution is 5.91. The Hall–Kier alpha value is -2.69. The molecule has 5 heteroatoms. The summed E-state index contributed by atoms with van der Waals surface area (Å²) in [5.41, 5.74) is 4.76. The first kappa shape index (κ1) is 16.8. The summed E-state index contributed by atoms with van der Waals surface area (Å²) in [5, 5.41) is 2.94. The largest absolute Gasteiger partial charge is 0.454 e. The van der Waals surface area contributed by atoms with E-state index in [1.165, 1.54) is 24.2 Å². The summed E-state index contributed by atoms with van der Waals surface area (Å²) in [7, 11) is 0. The second-order valence-corrected chi connectivity index (χ2v) is 6.99. The number of nitrogens with one attached hydrogen (secondary N) is 1. The fraction of sp³-hybridized carbons (Fsp3) is 0.381. The summed E-state index contributed by atoms with van der Waals surface area (Å²) in [6, 6.07) is 8.70. The Labute approximate surface area is 153 Å². The van der Waals surface area contributed by atoms with E-state index in [4.69, 9.17) is 9.47 Å². The summed E-state index contributed by atoms with van der Waals surface area (Å²) in [4.78, 5) is 12.1. The van der Waals surface area contributed by atoms with Crippen molar-refractivity contribution in [1.29, 1.82) is 0 Å². The Morgan fingerprint density at radius 3 is 2.85 bits per heavy atom. The SMILES string of the molecule is Cc1cc(C=CC(=O)NCCc2ccc3c(c2)OCO3)c(C)n1C1CC1. The van der Waals surface area contributed by atoms with Crippen LogP contribution in [-0.4, -0.2) is 23.8 Å². The molecule has 0 spiro atoms. The smallest absolute Gasteiger partial charge is 0.244 e. The van der Waals surface area contributed by atoms with E-state index in [0.717, 1.165) is 29.0 Å². The molecule has 1 aliphatic heterocycles. The molecule has 0 atom stereocenters. The van der Waals surface area contributed by atoms with Crippen LogP contribution < -0.4 is 14.8 Å². The number of benzene rings is 1. The third-order valence-corrected chi connectivity index (χ3v) is 5.00. The van der Waals surface area contributed by atoms with Crippen molar-refractivity contribution in [1.82, 2.24) is 9.88 Å². The first-order valence-electron chi connectivity index (χ1n) is 9.14. The quantitative estimate of drug-likeness (QED) is 0.809. The maximum absolute atomic E-state index is 12.1. The zero-order chi connectivity index (χ0) is 18.1. The summed E-state index contributed by atoms with van der Waals surface area (Å²) in [6.45, 7) is 5.13. The minimum Gasteiger partial charge on any atom is -0.454 e. The summed E-state index contributed by atoms with van der Waals surface area (Å²) in [6.07, 6.45) is 6.82. The number of carbonyl (C=O) groups excluding carboxylic acids is 1. The number of hydrogen-bond acceptors (Lipinski definition) is 3. The number of rotatable bonds is 6. The van der Waals surface area contributed by atoms with Crippen molar-refractivity contribution in [2.45, 2.75) is 39.2 Å². The van der Waals surface area contributed by atoms with Gasteiger partial charge in [0.2, 0.25) is 12.7 Å². The summed E-state index contributed by atoms with van der Waals surface area (Å²) in [5.74, 6) is 1.49. The molecule has 1 fully saturated rings. The lowest BCUT2D eigenvalue weighted by molar-refractivity contribution is -0.116. The molecule has 1 amide bonds. The van der Waals surface area contributed by atoms with Crippen LogP contribution in [0.25, 0.3) is 6.08 Å². The molecule has 0 radical (unpaired) electrons. The molecule has 136 valence electrons. The fourth-order valence-corrected chi connectivity index (χ4v) is 3.52. The van der Waals surface area contributed by atoms with Crippen LogP contribution in [0.2, 0.25) is 0 Å². The molecular formula is C21H24N2O3. The van der Waals surface area contributed by atoms with Crippen LogP contribution in [-0.2, 0) is 11.2 Å². The normalized spacial score (nSPS) is 15.6. The van der Waals surface area contributed by atoms with E-state index >= 15 is 0 Å². The number of hydrogen-bond donors (Lipinski definition) is 1. The van der Waals surface area contributed by atoms with Gasteiger partial charge < -0.3 is 19.4 Å². The average Bonchev–Trinajstić information content (AvgIpc) is 3.26. The van der Waals surface area contributed by atoms with Gasteiger partial charge in [-0.25, -0.2) is 0 Å². The Morgan fingerprint density at radius 1 is 1.23 bits per heavy atom. The van der Waals surface area contributed by atoms with E-state index in [9.17, 15) is 4.79 Å². The zero-order valence-corrected chi connectivity index (χ0v) is 15.2. The molecule has 0 unspecified atom stereocenters. The molecule has 2 aromatic rings. The number of fused-ring (bicyclic) bond motifs is 1. The predicted octanol–water partition coefficient (Wildman–Crippen LogP) is 3.54. The van der Waals surface area contributed by atoms with Gasteiger partial charge in [-0.1, -0.05) is 6.07 Å². The summed E-state index contributed by atoms with van der Waals surface area (Å²) < 4.78 is 13.1. The molecule has 5 nitrogen and oxygen atoms in total. The van der Waals surface area contributed by atoms with Crippen molar-refractivity contribution in [2.75, 3.05) is 13.3 Å². The second kappa shape index (κ2) is 6.90. The Morgan fingerprint density at radius 2 is 2.04 bits per heavy atom. The van der Waals surface area contributed by atoms with E-state index in [0.29, 0.717) is 12.6 Å². The van der Waals surface area contributed by atoms with Crippen molar-refractivity contribution in [3.63, 3.8) is 0 Å². The average molecular weight is 352 g/mol. The van der Waals surface area contributed by atoms with E-state index in [1.807, 2.05) is 24.3 Å². The van der Waals surface area contributed by atoms with Gasteiger partial charge in [0, 0.05) is 30.1 Å². The Kier molecular flexibility index (Phi) is 4.45. The highest BCUT2D eigenvalue weighted by atomic mass is 16.7. The minimum absolute atomic E-state index is 0.0676. The second-order valence-electron chi connectivity index (χ2n) is 6.99. The topological polar surface area (TPSA) is 52.5 Å². The molecule has 26 heavy (non-hydrogen) atoms. The van der Waals surface area contributed by atoms with Gasteiger partial charge in [0.1, 0.15) is 0 Å². The van der Waals surface area contributed by atoms with Gasteiger partial charge in [0.25, 0.3) is 0 Å². The Bertz CT molecular complexity index is 862. The van der Waals surface area contributed by atoms with Gasteiger partial charge in [-0.05, 0) is 68.5 Å². The van der Waals surface area contributed by atoms with Crippen molar-refractivity contribution < 1.29 is 14.3 Å². The van der Waals surface area contributed by atoms with Crippen LogP contribution in [0.5, 0.6) is 11.5 Å². The van der Waals surface area contributed by atoms with E-state index in [-0.39, 0.29) is 12.7 Å². The monoisotopic (exact) mass is 352 g/mol. The number of aromatic nitrogens is 1. The molecule has 1 aromatic heterocycles. The van der Waals surface area contributed by atoms with Gasteiger partial charge >= 0.3 is 0 Å². The molecule has 2 aliphatic rings. The lowest BCUT2D eigenvalue weighted by atomic mass is 10.1. The Balaban J connectivity index is 1.30. The van der Waals surface area contributed by atoms with E-state index in [1.54, 1.807) is 6.08 Å². The predicted molar refractivity (Wildman–Crippen MR) is 100 cm³/mol. The van der Waals surface area contributed by atoms with Gasteiger partial charge in [-0.2, -0.15) is 0 Å². The maximum Gasteiger partial charge on any atom is 0.244 e. The standard InChI is InChI=1S/C21H24N2O3/c1-14-11-17(15(2)23(14)18-5-6-18)4-8-21(24)22-10-9-16-3-7-19-20(12-16)26-13-25-19/h3-4,7-8,11-12,18H,5-6,9-10,13H2,1-2H3,(H,22,24). The van der Waals surface area contributed by atoms with E-state index < -0.39 is 0 Å². The van der Waals surface area contributed by atoms with Crippen LogP contribution >= 0.6 is 0 Å². The van der Waals surface area contributed by atoms with Crippen molar-refractivity contribution >= 4 is 12.0 Å². The molecule has 1 aromatic carbocycles. The molecule has 4 rings (SSSR count). The van der Waals surface area contributed by atoms with E-state index in [2.05, 4.69) is 29.8 Å². The molecule has 0 bridgehead atoms. The van der Waals surface area contributed by atoms with Gasteiger partial charge in [-0.3, -0.25) is 4.79 Å². The fourth-order valence-electron chi connectivity index (χ4n) is 3.52. The van der Waals surface area contributed by atoms with Crippen LogP contribution in [0, 0.1) is 13.8 Å². The number of carbonyl (C=O) groups is 1. The minimum atomic E-state index is -0.0676. The van der Waals surface area contributed by atoms with Gasteiger partial charge in [0.05, 0.1) is 0 Å². The third kappa shape index (κ3) is 3.47. The van der Waals surface area contributed by atoms with Crippen LogP contribution in [0.15, 0.2) is 30.3 Å². The lowest BCUT2D eigenvalue weighted by Crippen LogP contribution is -2.23. The summed E-state index contributed by atoms with van der Waals surface area (Å²) >= 11 is 0. The number of ether oxygens (including phenoxy) is 2. The highest BCUT2D eigenvalue weighted by Gasteiger charge is 2.26. The van der Waals surface area contributed by atoms with Gasteiger partial charge in [0.15, 0.2) is 11.5 Å². The lowest BCUT2D eigenvalue weighted by Gasteiger charge is -2.06. The highest BCUT2D eigenvalue weighted by Crippen LogP contribution is 2.38. The van der Waals surface area contributed by atoms with Crippen LogP contribution in [0.3, 0.4) is 0 Å². The molecule has 1 aliphatic carbocycles. The molecule has 2 heterocycles. The molecular weight excluding hydrogens is 328 g/mol.